The Bertz CT molecular complexity index is 809. The zero-order valence-electron chi connectivity index (χ0n) is 13.1. The Labute approximate surface area is 134 Å². The molecule has 2 heterocycles. The molecule has 0 radical (unpaired) electrons. The molecule has 2 aromatic rings. The van der Waals surface area contributed by atoms with Crippen molar-refractivity contribution in [1.82, 2.24) is 9.97 Å². The van der Waals surface area contributed by atoms with E-state index < -0.39 is 0 Å². The van der Waals surface area contributed by atoms with Gasteiger partial charge in [-0.05, 0) is 43.0 Å². The summed E-state index contributed by atoms with van der Waals surface area (Å²) in [6.45, 7) is 3.21. The van der Waals surface area contributed by atoms with Crippen LogP contribution >= 0.6 is 0 Å². The van der Waals surface area contributed by atoms with Crippen molar-refractivity contribution >= 4 is 5.71 Å². The molecule has 2 N–H and O–H groups in total. The maximum atomic E-state index is 14.2. The van der Waals surface area contributed by atoms with Crippen LogP contribution in [0.5, 0.6) is 0 Å². The molecule has 1 fully saturated rings. The van der Waals surface area contributed by atoms with Gasteiger partial charge in [0.05, 0.1) is 17.9 Å². The quantitative estimate of drug-likeness (QED) is 0.944. The number of aromatic nitrogens is 2. The van der Waals surface area contributed by atoms with Crippen LogP contribution in [-0.4, -0.2) is 22.2 Å². The van der Waals surface area contributed by atoms with E-state index in [2.05, 4.69) is 21.9 Å². The average Bonchev–Trinajstić information content (AvgIpc) is 3.26. The van der Waals surface area contributed by atoms with E-state index in [-0.39, 0.29) is 11.2 Å². The van der Waals surface area contributed by atoms with Crippen LogP contribution in [0.25, 0.3) is 11.3 Å². The lowest BCUT2D eigenvalue weighted by Gasteiger charge is -2.15. The van der Waals surface area contributed by atoms with Crippen LogP contribution < -0.4 is 5.73 Å². The van der Waals surface area contributed by atoms with E-state index in [0.717, 1.165) is 53.1 Å². The highest BCUT2D eigenvalue weighted by molar-refractivity contribution is 6.07. The molecule has 0 amide bonds. The molecule has 0 spiro atoms. The van der Waals surface area contributed by atoms with E-state index in [4.69, 9.17) is 5.73 Å². The van der Waals surface area contributed by atoms with E-state index in [0.29, 0.717) is 13.1 Å². The van der Waals surface area contributed by atoms with Gasteiger partial charge in [0.25, 0.3) is 0 Å². The van der Waals surface area contributed by atoms with Crippen molar-refractivity contribution in [2.24, 2.45) is 10.7 Å². The second kappa shape index (κ2) is 5.20. The predicted molar refractivity (Wildman–Crippen MR) is 87.9 cm³/mol. The van der Waals surface area contributed by atoms with Crippen molar-refractivity contribution in [3.05, 3.63) is 47.2 Å². The number of benzene rings is 1. The summed E-state index contributed by atoms with van der Waals surface area (Å²) in [5, 5.41) is 0. The zero-order chi connectivity index (χ0) is 16.0. The summed E-state index contributed by atoms with van der Waals surface area (Å²) in [7, 11) is 0. The second-order valence-corrected chi connectivity index (χ2v) is 6.37. The fourth-order valence-corrected chi connectivity index (χ4v) is 3.40. The van der Waals surface area contributed by atoms with Gasteiger partial charge in [-0.2, -0.15) is 0 Å². The van der Waals surface area contributed by atoms with Gasteiger partial charge in [0.2, 0.25) is 0 Å². The standard InChI is InChI=1S/C18H19FN4/c1-2-14-16-15(8-21-14)22-10-23-17(16)11-5-12(7-13(19)6-11)18(9-20)3-4-18/h5-7,10H,2-4,8-9,20H2,1H3. The monoisotopic (exact) mass is 310 g/mol. The lowest BCUT2D eigenvalue weighted by Crippen LogP contribution is -2.20. The normalized spacial score (nSPS) is 17.8. The van der Waals surface area contributed by atoms with Crippen LogP contribution in [0.15, 0.2) is 29.5 Å². The number of hydrogen-bond donors (Lipinski definition) is 1. The van der Waals surface area contributed by atoms with Gasteiger partial charge in [0, 0.05) is 28.8 Å². The number of aliphatic imine (C=N–C) groups is 1. The van der Waals surface area contributed by atoms with Gasteiger partial charge < -0.3 is 5.73 Å². The van der Waals surface area contributed by atoms with Gasteiger partial charge in [-0.3, -0.25) is 4.99 Å². The van der Waals surface area contributed by atoms with Crippen LogP contribution in [0.2, 0.25) is 0 Å². The Hall–Kier alpha value is -2.14. The maximum Gasteiger partial charge on any atom is 0.124 e. The van der Waals surface area contributed by atoms with Crippen LogP contribution in [0.1, 0.15) is 43.0 Å². The molecule has 1 aromatic carbocycles. The van der Waals surface area contributed by atoms with Crippen LogP contribution in [-0.2, 0) is 12.0 Å². The molecule has 118 valence electrons. The number of hydrogen-bond acceptors (Lipinski definition) is 4. The fraction of sp³-hybridized carbons (Fsp3) is 0.389. The summed E-state index contributed by atoms with van der Waals surface area (Å²) in [4.78, 5) is 13.3. The average molecular weight is 310 g/mol. The number of nitrogens with two attached hydrogens (primary N) is 1. The first-order valence-corrected chi connectivity index (χ1v) is 8.06. The third-order valence-corrected chi connectivity index (χ3v) is 5.00. The molecule has 1 aliphatic carbocycles. The summed E-state index contributed by atoms with van der Waals surface area (Å²) >= 11 is 0. The van der Waals surface area contributed by atoms with Crippen molar-refractivity contribution in [2.75, 3.05) is 6.54 Å². The van der Waals surface area contributed by atoms with Gasteiger partial charge >= 0.3 is 0 Å². The molecule has 23 heavy (non-hydrogen) atoms. The van der Waals surface area contributed by atoms with E-state index >= 15 is 0 Å². The molecule has 5 heteroatoms. The number of rotatable bonds is 4. The smallest absolute Gasteiger partial charge is 0.124 e. The molecule has 0 bridgehead atoms. The molecular weight excluding hydrogens is 291 g/mol. The van der Waals surface area contributed by atoms with Gasteiger partial charge in [-0.1, -0.05) is 6.92 Å². The maximum absolute atomic E-state index is 14.2. The summed E-state index contributed by atoms with van der Waals surface area (Å²) in [6, 6.07) is 5.20. The van der Waals surface area contributed by atoms with Crippen LogP contribution in [0.4, 0.5) is 4.39 Å². The van der Waals surface area contributed by atoms with E-state index in [1.165, 1.54) is 0 Å². The molecule has 0 unspecified atom stereocenters. The molecule has 0 saturated heterocycles. The molecule has 1 aromatic heterocycles. The van der Waals surface area contributed by atoms with Crippen LogP contribution in [0, 0.1) is 5.82 Å². The predicted octanol–water partition coefficient (Wildman–Crippen LogP) is 2.99. The first-order valence-electron chi connectivity index (χ1n) is 8.06. The Kier molecular flexibility index (Phi) is 3.27. The van der Waals surface area contributed by atoms with E-state index in [1.54, 1.807) is 18.5 Å². The van der Waals surface area contributed by atoms with Crippen molar-refractivity contribution in [3.8, 4) is 11.3 Å². The highest BCUT2D eigenvalue weighted by Crippen LogP contribution is 2.48. The minimum Gasteiger partial charge on any atom is -0.330 e. The number of halogens is 1. The first-order chi connectivity index (χ1) is 11.2. The Morgan fingerprint density at radius 1 is 1.22 bits per heavy atom. The minimum absolute atomic E-state index is 0.0469. The van der Waals surface area contributed by atoms with Gasteiger partial charge in [0.1, 0.15) is 12.1 Å². The van der Waals surface area contributed by atoms with E-state index in [1.807, 2.05) is 6.07 Å². The summed E-state index contributed by atoms with van der Waals surface area (Å²) < 4.78 is 14.2. The molecule has 0 atom stereocenters. The Morgan fingerprint density at radius 3 is 2.74 bits per heavy atom. The van der Waals surface area contributed by atoms with Gasteiger partial charge in [-0.25, -0.2) is 14.4 Å². The van der Waals surface area contributed by atoms with E-state index in [9.17, 15) is 4.39 Å². The lowest BCUT2D eigenvalue weighted by molar-refractivity contribution is 0.617. The summed E-state index contributed by atoms with van der Waals surface area (Å²) in [5.41, 5.74) is 11.3. The molecule has 4 rings (SSSR count). The Morgan fingerprint density at radius 2 is 2.04 bits per heavy atom. The second-order valence-electron chi connectivity index (χ2n) is 6.37. The summed E-state index contributed by atoms with van der Waals surface area (Å²) in [5.74, 6) is -0.238. The minimum atomic E-state index is -0.238. The van der Waals surface area contributed by atoms with Crippen molar-refractivity contribution in [2.45, 2.75) is 38.1 Å². The van der Waals surface area contributed by atoms with Gasteiger partial charge in [0.15, 0.2) is 0 Å². The van der Waals surface area contributed by atoms with Crippen molar-refractivity contribution < 1.29 is 4.39 Å². The molecular formula is C18H19FN4. The largest absolute Gasteiger partial charge is 0.330 e. The number of nitrogens with zero attached hydrogens (tertiary/aromatic N) is 3. The molecule has 1 aliphatic heterocycles. The first kappa shape index (κ1) is 14.5. The third kappa shape index (κ3) is 2.27. The lowest BCUT2D eigenvalue weighted by atomic mass is 9.92. The zero-order valence-corrected chi connectivity index (χ0v) is 13.1. The highest BCUT2D eigenvalue weighted by Gasteiger charge is 2.43. The fourth-order valence-electron chi connectivity index (χ4n) is 3.40. The summed E-state index contributed by atoms with van der Waals surface area (Å²) in [6.07, 6.45) is 4.41. The van der Waals surface area contributed by atoms with Crippen molar-refractivity contribution in [1.29, 1.82) is 0 Å². The van der Waals surface area contributed by atoms with Gasteiger partial charge in [-0.15, -0.1) is 0 Å². The van der Waals surface area contributed by atoms with Crippen molar-refractivity contribution in [3.63, 3.8) is 0 Å². The van der Waals surface area contributed by atoms with Crippen LogP contribution in [0.3, 0.4) is 0 Å². The number of fused-ring (bicyclic) bond motifs is 1. The molecule has 4 nitrogen and oxygen atoms in total. The third-order valence-electron chi connectivity index (χ3n) is 5.00. The Balaban J connectivity index is 1.87. The highest BCUT2D eigenvalue weighted by atomic mass is 19.1. The molecule has 2 aliphatic rings. The topological polar surface area (TPSA) is 64.2 Å². The SMILES string of the molecule is CCC1=NCc2ncnc(-c3cc(F)cc(C4(CN)CC4)c3)c21. The molecule has 1 saturated carbocycles.